The summed E-state index contributed by atoms with van der Waals surface area (Å²) in [6.45, 7) is 3.15. The number of aliphatic hydroxyl groups is 1. The van der Waals surface area contributed by atoms with Gasteiger partial charge >= 0.3 is 0 Å². The Hall–Kier alpha value is -1.89. The Morgan fingerprint density at radius 3 is 2.78 bits per heavy atom. The largest absolute Gasteiger partial charge is 0.409 e. The molecule has 1 fully saturated rings. The zero-order valence-electron chi connectivity index (χ0n) is 10.2. The van der Waals surface area contributed by atoms with Crippen LogP contribution in [0.5, 0.6) is 0 Å². The van der Waals surface area contributed by atoms with Crippen LogP contribution in [0, 0.1) is 0 Å². The van der Waals surface area contributed by atoms with E-state index >= 15 is 0 Å². The van der Waals surface area contributed by atoms with Gasteiger partial charge < -0.3 is 20.9 Å². The monoisotopic (exact) mass is 251 g/mol. The lowest BCUT2D eigenvalue weighted by atomic mass is 9.93. The summed E-state index contributed by atoms with van der Waals surface area (Å²) in [6.07, 6.45) is 2.80. The highest BCUT2D eigenvalue weighted by Crippen LogP contribution is 2.26. The van der Waals surface area contributed by atoms with E-state index in [0.29, 0.717) is 37.3 Å². The topological polar surface area (TPSA) is 108 Å². The van der Waals surface area contributed by atoms with Crippen molar-refractivity contribution in [1.82, 2.24) is 10.2 Å². The predicted octanol–water partition coefficient (Wildman–Crippen LogP) is -0.0777. The Balaban J connectivity index is 2.24. The maximum atomic E-state index is 9.91. The molecule has 7 nitrogen and oxygen atoms in total. The lowest BCUT2D eigenvalue weighted by Crippen LogP contribution is -2.43. The summed E-state index contributed by atoms with van der Waals surface area (Å²) in [7, 11) is 0. The fourth-order valence-corrected chi connectivity index (χ4v) is 2.01. The lowest BCUT2D eigenvalue weighted by molar-refractivity contribution is 0.0350. The first-order chi connectivity index (χ1) is 8.53. The smallest absolute Gasteiger partial charge is 0.173 e. The summed E-state index contributed by atoms with van der Waals surface area (Å²) >= 11 is 0. The number of amidine groups is 1. The van der Waals surface area contributed by atoms with Crippen molar-refractivity contribution in [3.8, 4) is 0 Å². The van der Waals surface area contributed by atoms with E-state index in [1.54, 1.807) is 6.07 Å². The highest BCUT2D eigenvalue weighted by atomic mass is 16.4. The number of rotatable bonds is 2. The molecule has 7 heteroatoms. The minimum Gasteiger partial charge on any atom is -0.409 e. The molecule has 0 amide bonds. The molecule has 1 saturated heterocycles. The number of piperidine rings is 1. The van der Waals surface area contributed by atoms with Crippen LogP contribution in [0.1, 0.15) is 25.3 Å². The fraction of sp³-hybridized carbons (Fsp3) is 0.545. The number of nitrogens with zero attached hydrogens (tertiary/aromatic N) is 4. The van der Waals surface area contributed by atoms with Gasteiger partial charge in [0.1, 0.15) is 0 Å². The summed E-state index contributed by atoms with van der Waals surface area (Å²) in [5.41, 5.74) is 5.53. The van der Waals surface area contributed by atoms with Crippen molar-refractivity contribution in [1.29, 1.82) is 0 Å². The minimum atomic E-state index is -0.629. The maximum Gasteiger partial charge on any atom is 0.173 e. The predicted molar refractivity (Wildman–Crippen MR) is 66.6 cm³/mol. The van der Waals surface area contributed by atoms with Gasteiger partial charge in [-0.25, -0.2) is 0 Å². The Morgan fingerprint density at radius 1 is 1.50 bits per heavy atom. The molecule has 2 heterocycles. The second-order valence-corrected chi connectivity index (χ2v) is 4.74. The Labute approximate surface area is 105 Å². The minimum absolute atomic E-state index is 0.0113. The molecule has 0 aromatic carbocycles. The molecule has 0 radical (unpaired) electrons. The quantitative estimate of drug-likeness (QED) is 0.294. The van der Waals surface area contributed by atoms with Crippen molar-refractivity contribution in [3.05, 3.63) is 17.8 Å². The molecule has 0 unspecified atom stereocenters. The molecule has 98 valence electrons. The maximum absolute atomic E-state index is 9.91. The molecule has 1 aromatic heterocycles. The van der Waals surface area contributed by atoms with Crippen LogP contribution < -0.4 is 10.6 Å². The zero-order chi connectivity index (χ0) is 13.2. The molecule has 0 bridgehead atoms. The summed E-state index contributed by atoms with van der Waals surface area (Å²) in [6, 6.07) is 1.66. The molecule has 18 heavy (non-hydrogen) atoms. The van der Waals surface area contributed by atoms with Gasteiger partial charge in [-0.1, -0.05) is 5.16 Å². The zero-order valence-corrected chi connectivity index (χ0v) is 10.2. The number of oxime groups is 1. The Bertz CT molecular complexity index is 451. The molecule has 0 spiro atoms. The highest BCUT2D eigenvalue weighted by molar-refractivity contribution is 6.01. The van der Waals surface area contributed by atoms with E-state index in [1.165, 1.54) is 6.20 Å². The lowest BCUT2D eigenvalue weighted by Gasteiger charge is -2.36. The average molecular weight is 251 g/mol. The average Bonchev–Trinajstić information content (AvgIpc) is 2.38. The van der Waals surface area contributed by atoms with Crippen molar-refractivity contribution >= 4 is 11.7 Å². The normalized spacial score (nSPS) is 19.9. The van der Waals surface area contributed by atoms with E-state index in [0.717, 1.165) is 0 Å². The number of anilines is 1. The molecular weight excluding hydrogens is 234 g/mol. The third kappa shape index (κ3) is 2.51. The van der Waals surface area contributed by atoms with Gasteiger partial charge in [0.05, 0.1) is 17.4 Å². The molecule has 4 N–H and O–H groups in total. The number of aromatic nitrogens is 2. The van der Waals surface area contributed by atoms with Gasteiger partial charge in [-0.15, -0.1) is 5.10 Å². The van der Waals surface area contributed by atoms with Gasteiger partial charge in [0.25, 0.3) is 0 Å². The van der Waals surface area contributed by atoms with E-state index in [2.05, 4.69) is 15.4 Å². The van der Waals surface area contributed by atoms with Crippen molar-refractivity contribution < 1.29 is 10.3 Å². The molecule has 2 rings (SSSR count). The highest BCUT2D eigenvalue weighted by Gasteiger charge is 2.29. The van der Waals surface area contributed by atoms with Gasteiger partial charge in [-0.05, 0) is 25.8 Å². The third-order valence-corrected chi connectivity index (χ3v) is 3.23. The third-order valence-electron chi connectivity index (χ3n) is 3.23. The van der Waals surface area contributed by atoms with Crippen LogP contribution >= 0.6 is 0 Å². The van der Waals surface area contributed by atoms with Crippen LogP contribution in [0.4, 0.5) is 5.82 Å². The van der Waals surface area contributed by atoms with Crippen molar-refractivity contribution in [2.75, 3.05) is 18.0 Å². The number of hydrogen-bond donors (Lipinski definition) is 3. The first-order valence-electron chi connectivity index (χ1n) is 5.80. The second-order valence-electron chi connectivity index (χ2n) is 4.74. The summed E-state index contributed by atoms with van der Waals surface area (Å²) in [5, 5.41) is 29.5. The standard InChI is InChI=1S/C11H17N5O2/c1-11(17)3-6-16(7-4-11)10-8(9(12)15-18)2-5-13-14-10/h2,5,17-18H,3-4,6-7H2,1H3,(H2,12,15). The molecule has 1 aliphatic heterocycles. The fourth-order valence-electron chi connectivity index (χ4n) is 2.01. The van der Waals surface area contributed by atoms with E-state index in [9.17, 15) is 5.11 Å². The van der Waals surface area contributed by atoms with E-state index in [1.807, 2.05) is 11.8 Å². The van der Waals surface area contributed by atoms with Crippen LogP contribution in [-0.2, 0) is 0 Å². The van der Waals surface area contributed by atoms with E-state index in [4.69, 9.17) is 10.9 Å². The van der Waals surface area contributed by atoms with Gasteiger partial charge in [0, 0.05) is 13.1 Å². The van der Waals surface area contributed by atoms with Crippen LogP contribution in [0.15, 0.2) is 17.4 Å². The summed E-state index contributed by atoms with van der Waals surface area (Å²) in [4.78, 5) is 1.98. The van der Waals surface area contributed by atoms with Crippen LogP contribution in [0.25, 0.3) is 0 Å². The van der Waals surface area contributed by atoms with Crippen molar-refractivity contribution in [2.24, 2.45) is 10.9 Å². The summed E-state index contributed by atoms with van der Waals surface area (Å²) < 4.78 is 0. The first-order valence-corrected chi connectivity index (χ1v) is 5.80. The van der Waals surface area contributed by atoms with Gasteiger partial charge in [0.15, 0.2) is 11.7 Å². The molecule has 0 aliphatic carbocycles. The Morgan fingerprint density at radius 2 is 2.17 bits per heavy atom. The molecule has 0 saturated carbocycles. The van der Waals surface area contributed by atoms with Crippen molar-refractivity contribution in [2.45, 2.75) is 25.4 Å². The molecule has 1 aromatic rings. The van der Waals surface area contributed by atoms with E-state index < -0.39 is 5.60 Å². The van der Waals surface area contributed by atoms with Gasteiger partial charge in [-0.3, -0.25) is 0 Å². The molecule has 0 atom stereocenters. The first kappa shape index (κ1) is 12.6. The van der Waals surface area contributed by atoms with Crippen molar-refractivity contribution in [3.63, 3.8) is 0 Å². The molecular formula is C11H17N5O2. The Kier molecular flexibility index (Phi) is 3.33. The molecule has 1 aliphatic rings. The number of hydrogen-bond acceptors (Lipinski definition) is 6. The van der Waals surface area contributed by atoms with Gasteiger partial charge in [0.2, 0.25) is 0 Å². The number of nitrogens with two attached hydrogens (primary N) is 1. The van der Waals surface area contributed by atoms with Crippen LogP contribution in [-0.4, -0.2) is 45.0 Å². The van der Waals surface area contributed by atoms with Gasteiger partial charge in [-0.2, -0.15) is 5.10 Å². The second kappa shape index (κ2) is 4.77. The van der Waals surface area contributed by atoms with Crippen LogP contribution in [0.3, 0.4) is 0 Å². The SMILES string of the molecule is CC1(O)CCN(c2nnccc2/C(N)=N/O)CC1. The van der Waals surface area contributed by atoms with E-state index in [-0.39, 0.29) is 5.84 Å². The summed E-state index contributed by atoms with van der Waals surface area (Å²) in [5.74, 6) is 0.598. The van der Waals surface area contributed by atoms with Crippen LogP contribution in [0.2, 0.25) is 0 Å².